The van der Waals surface area contributed by atoms with E-state index in [9.17, 15) is 30.3 Å². The van der Waals surface area contributed by atoms with Gasteiger partial charge in [-0.2, -0.15) is 0 Å². The maximum atomic E-state index is 11.9. The van der Waals surface area contributed by atoms with Crippen molar-refractivity contribution in [1.82, 2.24) is 0 Å². The monoisotopic (exact) mass is 442 g/mol. The van der Waals surface area contributed by atoms with Crippen molar-refractivity contribution in [1.29, 1.82) is 0 Å². The van der Waals surface area contributed by atoms with Gasteiger partial charge in [-0.1, -0.05) is 12.2 Å². The number of carbonyl (C=O) groups is 1. The molecule has 1 aliphatic carbocycles. The van der Waals surface area contributed by atoms with Crippen LogP contribution >= 0.6 is 0 Å². The Hall–Kier alpha value is -1.33. The Morgan fingerprint density at radius 1 is 1.10 bits per heavy atom. The molecule has 0 radical (unpaired) electrons. The van der Waals surface area contributed by atoms with Crippen LogP contribution in [0.3, 0.4) is 0 Å². The summed E-state index contributed by atoms with van der Waals surface area (Å²) in [4.78, 5) is 11.9. The summed E-state index contributed by atoms with van der Waals surface area (Å²) in [6.07, 6.45) is 2.16. The topological polar surface area (TPSA) is 146 Å². The van der Waals surface area contributed by atoms with Crippen molar-refractivity contribution in [2.24, 2.45) is 11.8 Å². The van der Waals surface area contributed by atoms with Crippen LogP contribution in [-0.4, -0.2) is 87.1 Å². The molecule has 2 heterocycles. The van der Waals surface area contributed by atoms with Gasteiger partial charge in [0.1, 0.15) is 24.4 Å². The Kier molecular flexibility index (Phi) is 8.63. The third kappa shape index (κ3) is 6.13. The molecular formula is C22H34O9. The van der Waals surface area contributed by atoms with E-state index >= 15 is 0 Å². The number of aliphatic hydroxyl groups excluding tert-OH is 5. The minimum Gasteiger partial charge on any atom is -0.460 e. The minimum absolute atomic E-state index is 0.0104. The second-order valence-electron chi connectivity index (χ2n) is 8.71. The number of ether oxygens (including phenoxy) is 3. The minimum atomic E-state index is -1.50. The maximum Gasteiger partial charge on any atom is 0.330 e. The Balaban J connectivity index is 1.69. The molecule has 9 nitrogen and oxygen atoms in total. The molecule has 3 rings (SSSR count). The lowest BCUT2D eigenvalue weighted by molar-refractivity contribution is -0.311. The molecule has 9 heteroatoms. The molecule has 0 bridgehead atoms. The van der Waals surface area contributed by atoms with Gasteiger partial charge in [-0.3, -0.25) is 0 Å². The summed E-state index contributed by atoms with van der Waals surface area (Å²) in [5.74, 6) is -0.709. The summed E-state index contributed by atoms with van der Waals surface area (Å²) >= 11 is 0. The third-order valence-electron chi connectivity index (χ3n) is 6.35. The highest BCUT2D eigenvalue weighted by atomic mass is 16.7. The van der Waals surface area contributed by atoms with Gasteiger partial charge in [-0.05, 0) is 56.9 Å². The third-order valence-corrected chi connectivity index (χ3v) is 6.35. The second kappa shape index (κ2) is 11.0. The second-order valence-corrected chi connectivity index (χ2v) is 8.71. The molecule has 0 aromatic carbocycles. The molecule has 10 unspecified atom stereocenters. The number of fused-ring (bicyclic) bond motifs is 1. The number of esters is 1. The molecule has 176 valence electrons. The van der Waals surface area contributed by atoms with Gasteiger partial charge in [0.2, 0.25) is 0 Å². The van der Waals surface area contributed by atoms with Crippen molar-refractivity contribution in [3.05, 3.63) is 24.3 Å². The number of hydrogen-bond acceptors (Lipinski definition) is 9. The van der Waals surface area contributed by atoms with Gasteiger partial charge in [0.05, 0.1) is 24.9 Å². The van der Waals surface area contributed by atoms with Crippen LogP contribution in [-0.2, 0) is 19.0 Å². The van der Waals surface area contributed by atoms with Gasteiger partial charge in [-0.25, -0.2) is 4.79 Å². The van der Waals surface area contributed by atoms with Gasteiger partial charge >= 0.3 is 5.97 Å². The largest absolute Gasteiger partial charge is 0.460 e. The number of carbonyl (C=O) groups excluding carboxylic acids is 1. The fourth-order valence-corrected chi connectivity index (χ4v) is 4.56. The van der Waals surface area contributed by atoms with Crippen molar-refractivity contribution < 1.29 is 44.5 Å². The number of hydrogen-bond donors (Lipinski definition) is 5. The predicted octanol–water partition coefficient (Wildman–Crippen LogP) is -0.213. The van der Waals surface area contributed by atoms with Crippen LogP contribution in [0.5, 0.6) is 0 Å². The first kappa shape index (κ1) is 24.3. The quantitative estimate of drug-likeness (QED) is 0.296. The summed E-state index contributed by atoms with van der Waals surface area (Å²) in [6, 6.07) is 0. The molecule has 3 aliphatic rings. The highest BCUT2D eigenvalue weighted by Gasteiger charge is 2.46. The van der Waals surface area contributed by atoms with E-state index in [4.69, 9.17) is 14.2 Å². The van der Waals surface area contributed by atoms with Crippen LogP contribution in [0.2, 0.25) is 0 Å². The van der Waals surface area contributed by atoms with E-state index in [1.54, 1.807) is 0 Å². The summed E-state index contributed by atoms with van der Waals surface area (Å²) < 4.78 is 16.6. The SMILES string of the molecule is CC1CCCC=CC2CC(OC3OC(CO)C(O)C(O)C3O)CC2C(O)C=CC(=O)O1. The van der Waals surface area contributed by atoms with Crippen molar-refractivity contribution in [2.75, 3.05) is 6.61 Å². The van der Waals surface area contributed by atoms with Crippen molar-refractivity contribution in [3.8, 4) is 0 Å². The van der Waals surface area contributed by atoms with Crippen LogP contribution in [0, 0.1) is 11.8 Å². The average molecular weight is 443 g/mol. The lowest BCUT2D eigenvalue weighted by Gasteiger charge is -2.40. The molecule has 0 amide bonds. The van der Waals surface area contributed by atoms with Crippen molar-refractivity contribution in [2.45, 2.75) is 88.0 Å². The lowest BCUT2D eigenvalue weighted by Crippen LogP contribution is -2.59. The Labute approximate surface area is 181 Å². The zero-order valence-electron chi connectivity index (χ0n) is 17.7. The molecule has 0 aromatic heterocycles. The van der Waals surface area contributed by atoms with E-state index < -0.39 is 49.4 Å². The van der Waals surface area contributed by atoms with Gasteiger partial charge in [0.15, 0.2) is 6.29 Å². The van der Waals surface area contributed by atoms with E-state index in [-0.39, 0.29) is 24.0 Å². The zero-order chi connectivity index (χ0) is 22.5. The Morgan fingerprint density at radius 3 is 2.61 bits per heavy atom. The molecule has 0 spiro atoms. The predicted molar refractivity (Wildman–Crippen MR) is 109 cm³/mol. The Morgan fingerprint density at radius 2 is 1.87 bits per heavy atom. The molecule has 2 aliphatic heterocycles. The lowest BCUT2D eigenvalue weighted by atomic mass is 9.90. The molecule has 0 aromatic rings. The van der Waals surface area contributed by atoms with Crippen LogP contribution in [0.25, 0.3) is 0 Å². The summed E-state index contributed by atoms with van der Waals surface area (Å²) in [5.41, 5.74) is 0. The molecule has 31 heavy (non-hydrogen) atoms. The standard InChI is InChI=1S/C22H34O9/c1-12-5-3-2-4-6-13-9-14(10-15(13)16(24)7-8-18(25)29-12)30-22-21(28)20(27)19(26)17(11-23)31-22/h4,6-8,12-17,19-24,26-28H,2-3,5,9-11H2,1H3. The van der Waals surface area contributed by atoms with E-state index in [1.165, 1.54) is 12.2 Å². The normalized spacial score (nSPS) is 44.6. The number of allylic oxidation sites excluding steroid dienone is 2. The van der Waals surface area contributed by atoms with Gasteiger partial charge < -0.3 is 39.7 Å². The summed E-state index contributed by atoms with van der Waals surface area (Å²) in [5, 5.41) is 50.1. The van der Waals surface area contributed by atoms with Crippen LogP contribution in [0.15, 0.2) is 24.3 Å². The van der Waals surface area contributed by atoms with E-state index in [2.05, 4.69) is 12.2 Å². The smallest absolute Gasteiger partial charge is 0.330 e. The van der Waals surface area contributed by atoms with E-state index in [1.807, 2.05) is 6.92 Å². The van der Waals surface area contributed by atoms with Gasteiger partial charge in [-0.15, -0.1) is 0 Å². The average Bonchev–Trinajstić information content (AvgIpc) is 3.14. The molecule has 2 fully saturated rings. The molecule has 1 saturated carbocycles. The highest BCUT2D eigenvalue weighted by Crippen LogP contribution is 2.39. The van der Waals surface area contributed by atoms with Crippen LogP contribution in [0.1, 0.15) is 39.0 Å². The van der Waals surface area contributed by atoms with Crippen LogP contribution < -0.4 is 0 Å². The molecule has 5 N–H and O–H groups in total. The van der Waals surface area contributed by atoms with Gasteiger partial charge in [0, 0.05) is 6.08 Å². The first-order valence-electron chi connectivity index (χ1n) is 11.0. The van der Waals surface area contributed by atoms with Gasteiger partial charge in [0.25, 0.3) is 0 Å². The number of cyclic esters (lactones) is 1. The molecule has 10 atom stereocenters. The summed E-state index contributed by atoms with van der Waals surface area (Å²) in [7, 11) is 0. The van der Waals surface area contributed by atoms with E-state index in [0.717, 1.165) is 19.3 Å². The number of rotatable bonds is 3. The molecule has 1 saturated heterocycles. The first-order valence-corrected chi connectivity index (χ1v) is 11.0. The number of aliphatic hydroxyl groups is 5. The zero-order valence-corrected chi connectivity index (χ0v) is 17.7. The fourth-order valence-electron chi connectivity index (χ4n) is 4.56. The highest BCUT2D eigenvalue weighted by molar-refractivity contribution is 5.82. The van der Waals surface area contributed by atoms with Crippen molar-refractivity contribution >= 4 is 5.97 Å². The molecular weight excluding hydrogens is 408 g/mol. The van der Waals surface area contributed by atoms with Crippen LogP contribution in [0.4, 0.5) is 0 Å². The maximum absolute atomic E-state index is 11.9. The fraction of sp³-hybridized carbons (Fsp3) is 0.773. The summed E-state index contributed by atoms with van der Waals surface area (Å²) in [6.45, 7) is 1.32. The Bertz CT molecular complexity index is 649. The van der Waals surface area contributed by atoms with E-state index in [0.29, 0.717) is 12.8 Å². The first-order chi connectivity index (χ1) is 14.8. The van der Waals surface area contributed by atoms with Crippen molar-refractivity contribution in [3.63, 3.8) is 0 Å².